The Morgan fingerprint density at radius 1 is 1.35 bits per heavy atom. The van der Waals surface area contributed by atoms with Crippen LogP contribution in [-0.2, 0) is 6.54 Å². The van der Waals surface area contributed by atoms with Gasteiger partial charge in [-0.05, 0) is 24.8 Å². The van der Waals surface area contributed by atoms with Gasteiger partial charge in [0.25, 0.3) is 0 Å². The molecule has 0 aromatic heterocycles. The third-order valence-electron chi connectivity index (χ3n) is 3.24. The average Bonchev–Trinajstić information content (AvgIpc) is 3.02. The molecule has 0 saturated heterocycles. The van der Waals surface area contributed by atoms with Gasteiger partial charge in [-0.25, -0.2) is 0 Å². The highest BCUT2D eigenvalue weighted by molar-refractivity contribution is 5.80. The van der Waals surface area contributed by atoms with Crippen molar-refractivity contribution < 1.29 is 0 Å². The summed E-state index contributed by atoms with van der Waals surface area (Å²) in [5, 5.41) is 6.75. The lowest BCUT2D eigenvalue weighted by Crippen LogP contribution is -2.38. The van der Waals surface area contributed by atoms with Crippen molar-refractivity contribution in [1.29, 1.82) is 0 Å². The Morgan fingerprint density at radius 2 is 2.00 bits per heavy atom. The monoisotopic (exact) mass is 231 g/mol. The molecule has 1 fully saturated rings. The summed E-state index contributed by atoms with van der Waals surface area (Å²) in [4.78, 5) is 4.23. The molecule has 92 valence electrons. The molecule has 1 saturated carbocycles. The van der Waals surface area contributed by atoms with E-state index in [9.17, 15) is 0 Å². The number of hydrogen-bond donors (Lipinski definition) is 2. The van der Waals surface area contributed by atoms with Crippen LogP contribution in [0.4, 0.5) is 0 Å². The lowest BCUT2D eigenvalue weighted by Gasteiger charge is -2.11. The quantitative estimate of drug-likeness (QED) is 0.617. The molecular formula is C14H21N3. The Hall–Kier alpha value is -1.51. The lowest BCUT2D eigenvalue weighted by atomic mass is 10.1. The van der Waals surface area contributed by atoms with E-state index in [2.05, 4.69) is 53.7 Å². The van der Waals surface area contributed by atoms with Gasteiger partial charge in [-0.3, -0.25) is 4.99 Å². The van der Waals surface area contributed by atoms with Crippen molar-refractivity contribution in [2.75, 3.05) is 7.05 Å². The number of aliphatic imine (C=N–C) groups is 1. The van der Waals surface area contributed by atoms with Crippen LogP contribution in [0.5, 0.6) is 0 Å². The van der Waals surface area contributed by atoms with Crippen LogP contribution < -0.4 is 10.6 Å². The molecule has 1 aromatic carbocycles. The molecule has 2 N–H and O–H groups in total. The molecule has 0 amide bonds. The smallest absolute Gasteiger partial charge is 0.191 e. The van der Waals surface area contributed by atoms with Crippen molar-refractivity contribution in [1.82, 2.24) is 10.6 Å². The number of nitrogens with zero attached hydrogens (tertiary/aromatic N) is 1. The van der Waals surface area contributed by atoms with Gasteiger partial charge in [-0.2, -0.15) is 0 Å². The van der Waals surface area contributed by atoms with Gasteiger partial charge >= 0.3 is 0 Å². The highest BCUT2D eigenvalue weighted by Crippen LogP contribution is 2.28. The van der Waals surface area contributed by atoms with Gasteiger partial charge in [-0.1, -0.05) is 36.8 Å². The summed E-state index contributed by atoms with van der Waals surface area (Å²) in [6.45, 7) is 5.18. The predicted molar refractivity (Wildman–Crippen MR) is 72.1 cm³/mol. The number of rotatable bonds is 3. The van der Waals surface area contributed by atoms with E-state index in [-0.39, 0.29) is 0 Å². The molecule has 0 aliphatic heterocycles. The summed E-state index contributed by atoms with van der Waals surface area (Å²) in [5.74, 6) is 1.69. The minimum Gasteiger partial charge on any atom is -0.353 e. The molecule has 0 bridgehead atoms. The fraction of sp³-hybridized carbons (Fsp3) is 0.500. The summed E-state index contributed by atoms with van der Waals surface area (Å²) in [6.07, 6.45) is 1.26. The van der Waals surface area contributed by atoms with Crippen LogP contribution in [0.25, 0.3) is 0 Å². The molecule has 3 heteroatoms. The van der Waals surface area contributed by atoms with Gasteiger partial charge in [0.2, 0.25) is 0 Å². The third kappa shape index (κ3) is 3.48. The Bertz CT molecular complexity index is 394. The molecular weight excluding hydrogens is 210 g/mol. The van der Waals surface area contributed by atoms with Crippen molar-refractivity contribution in [2.24, 2.45) is 10.9 Å². The number of nitrogens with one attached hydrogen (secondary N) is 2. The molecule has 1 aliphatic carbocycles. The molecule has 0 heterocycles. The first kappa shape index (κ1) is 12.0. The molecule has 2 rings (SSSR count). The number of benzene rings is 1. The number of guanidine groups is 1. The fourth-order valence-corrected chi connectivity index (χ4v) is 1.79. The Labute approximate surface area is 103 Å². The minimum atomic E-state index is 0.610. The van der Waals surface area contributed by atoms with Gasteiger partial charge in [0.15, 0.2) is 5.96 Å². The summed E-state index contributed by atoms with van der Waals surface area (Å²) in [7, 11) is 1.82. The molecule has 1 aromatic rings. The molecule has 1 aliphatic rings. The topological polar surface area (TPSA) is 36.4 Å². The van der Waals surface area contributed by atoms with Crippen LogP contribution in [0.1, 0.15) is 24.5 Å². The molecule has 17 heavy (non-hydrogen) atoms. The van der Waals surface area contributed by atoms with Crippen LogP contribution in [0.15, 0.2) is 29.3 Å². The number of hydrogen-bond acceptors (Lipinski definition) is 1. The predicted octanol–water partition coefficient (Wildman–Crippen LogP) is 2.07. The van der Waals surface area contributed by atoms with Gasteiger partial charge < -0.3 is 10.6 Å². The van der Waals surface area contributed by atoms with Crippen LogP contribution in [-0.4, -0.2) is 19.0 Å². The van der Waals surface area contributed by atoms with Crippen LogP contribution >= 0.6 is 0 Å². The van der Waals surface area contributed by atoms with Crippen molar-refractivity contribution in [3.63, 3.8) is 0 Å². The minimum absolute atomic E-state index is 0.610. The van der Waals surface area contributed by atoms with Crippen LogP contribution in [0.2, 0.25) is 0 Å². The van der Waals surface area contributed by atoms with Gasteiger partial charge in [0.1, 0.15) is 0 Å². The van der Waals surface area contributed by atoms with E-state index in [1.165, 1.54) is 17.5 Å². The molecule has 2 atom stereocenters. The Morgan fingerprint density at radius 3 is 2.53 bits per heavy atom. The molecule has 0 radical (unpaired) electrons. The summed E-state index contributed by atoms with van der Waals surface area (Å²) in [6, 6.07) is 9.18. The largest absolute Gasteiger partial charge is 0.353 e. The Kier molecular flexibility index (Phi) is 3.67. The van der Waals surface area contributed by atoms with Crippen molar-refractivity contribution >= 4 is 5.96 Å². The lowest BCUT2D eigenvalue weighted by molar-refractivity contribution is 0.763. The van der Waals surface area contributed by atoms with Gasteiger partial charge in [-0.15, -0.1) is 0 Å². The summed E-state index contributed by atoms with van der Waals surface area (Å²) in [5.41, 5.74) is 2.57. The van der Waals surface area contributed by atoms with Crippen molar-refractivity contribution in [2.45, 2.75) is 32.9 Å². The second-order valence-electron chi connectivity index (χ2n) is 4.88. The van der Waals surface area contributed by atoms with E-state index < -0.39 is 0 Å². The fourth-order valence-electron chi connectivity index (χ4n) is 1.79. The highest BCUT2D eigenvalue weighted by Gasteiger charge is 2.33. The maximum Gasteiger partial charge on any atom is 0.191 e. The van der Waals surface area contributed by atoms with E-state index in [0.717, 1.165) is 18.4 Å². The van der Waals surface area contributed by atoms with Crippen LogP contribution in [0.3, 0.4) is 0 Å². The zero-order chi connectivity index (χ0) is 12.3. The maximum absolute atomic E-state index is 4.23. The van der Waals surface area contributed by atoms with E-state index in [0.29, 0.717) is 6.04 Å². The normalized spacial score (nSPS) is 23.4. The summed E-state index contributed by atoms with van der Waals surface area (Å²) >= 11 is 0. The second kappa shape index (κ2) is 5.21. The average molecular weight is 231 g/mol. The van der Waals surface area contributed by atoms with Gasteiger partial charge in [0, 0.05) is 19.6 Å². The standard InChI is InChI=1S/C14H21N3/c1-10-4-6-12(7-5-10)9-16-14(15-3)17-13-8-11(13)2/h4-7,11,13H,8-9H2,1-3H3,(H2,15,16,17). The van der Waals surface area contributed by atoms with E-state index in [1.807, 2.05) is 7.05 Å². The maximum atomic E-state index is 4.23. The first-order chi connectivity index (χ1) is 8.19. The zero-order valence-electron chi connectivity index (χ0n) is 10.8. The van der Waals surface area contributed by atoms with E-state index in [1.54, 1.807) is 0 Å². The van der Waals surface area contributed by atoms with E-state index in [4.69, 9.17) is 0 Å². The van der Waals surface area contributed by atoms with Crippen LogP contribution in [0, 0.1) is 12.8 Å². The highest BCUT2D eigenvalue weighted by atomic mass is 15.2. The Balaban J connectivity index is 1.81. The third-order valence-corrected chi connectivity index (χ3v) is 3.24. The molecule has 2 unspecified atom stereocenters. The van der Waals surface area contributed by atoms with Crippen molar-refractivity contribution in [3.8, 4) is 0 Å². The number of aryl methyl sites for hydroxylation is 1. The SMILES string of the molecule is CN=C(NCc1ccc(C)cc1)NC1CC1C. The van der Waals surface area contributed by atoms with Crippen molar-refractivity contribution in [3.05, 3.63) is 35.4 Å². The molecule has 3 nitrogen and oxygen atoms in total. The first-order valence-corrected chi connectivity index (χ1v) is 6.22. The molecule has 0 spiro atoms. The first-order valence-electron chi connectivity index (χ1n) is 6.22. The zero-order valence-corrected chi connectivity index (χ0v) is 10.8. The summed E-state index contributed by atoms with van der Waals surface area (Å²) < 4.78 is 0. The van der Waals surface area contributed by atoms with E-state index >= 15 is 0 Å². The van der Waals surface area contributed by atoms with Gasteiger partial charge in [0.05, 0.1) is 0 Å². The second-order valence-corrected chi connectivity index (χ2v) is 4.88.